The van der Waals surface area contributed by atoms with E-state index in [9.17, 15) is 4.39 Å². The van der Waals surface area contributed by atoms with Crippen LogP contribution in [-0.4, -0.2) is 0 Å². The molecule has 0 atom stereocenters. The van der Waals surface area contributed by atoms with Gasteiger partial charge in [-0.1, -0.05) is 47.5 Å². The van der Waals surface area contributed by atoms with E-state index in [-0.39, 0.29) is 5.82 Å². The quantitative estimate of drug-likeness (QED) is 0.543. The lowest BCUT2D eigenvalue weighted by Crippen LogP contribution is -2.00. The van der Waals surface area contributed by atoms with E-state index < -0.39 is 0 Å². The van der Waals surface area contributed by atoms with Crippen LogP contribution in [0.1, 0.15) is 11.1 Å². The maximum Gasteiger partial charge on any atom is 0.123 e. The largest absolute Gasteiger partial charge is 0.489 e. The van der Waals surface area contributed by atoms with Gasteiger partial charge in [-0.15, -0.1) is 0 Å². The standard InChI is InChI=1S/C20H16Cl2FNO/c21-19-9-6-17(11-20(19)22)24-12-14-4-7-18(8-5-14)25-13-15-2-1-3-16(23)10-15/h1-11,24H,12-13H2. The summed E-state index contributed by atoms with van der Waals surface area (Å²) < 4.78 is 18.8. The summed E-state index contributed by atoms with van der Waals surface area (Å²) in [4.78, 5) is 0. The average Bonchev–Trinajstić information content (AvgIpc) is 2.62. The van der Waals surface area contributed by atoms with E-state index in [4.69, 9.17) is 27.9 Å². The lowest BCUT2D eigenvalue weighted by Gasteiger charge is -2.10. The number of hydrogen-bond donors (Lipinski definition) is 1. The van der Waals surface area contributed by atoms with Crippen molar-refractivity contribution >= 4 is 28.9 Å². The van der Waals surface area contributed by atoms with Gasteiger partial charge < -0.3 is 10.1 Å². The predicted octanol–water partition coefficient (Wildman–Crippen LogP) is 6.32. The molecule has 3 aromatic rings. The minimum absolute atomic E-state index is 0.259. The highest BCUT2D eigenvalue weighted by atomic mass is 35.5. The van der Waals surface area contributed by atoms with Crippen molar-refractivity contribution in [3.8, 4) is 5.75 Å². The first kappa shape index (κ1) is 17.6. The van der Waals surface area contributed by atoms with Crippen LogP contribution in [0.25, 0.3) is 0 Å². The molecule has 0 aliphatic rings. The van der Waals surface area contributed by atoms with Crippen molar-refractivity contribution < 1.29 is 9.13 Å². The lowest BCUT2D eigenvalue weighted by molar-refractivity contribution is 0.305. The zero-order chi connectivity index (χ0) is 17.6. The Morgan fingerprint density at radius 3 is 2.36 bits per heavy atom. The van der Waals surface area contributed by atoms with Crippen molar-refractivity contribution in [2.24, 2.45) is 0 Å². The molecule has 0 radical (unpaired) electrons. The summed E-state index contributed by atoms with van der Waals surface area (Å²) in [7, 11) is 0. The fourth-order valence-corrected chi connectivity index (χ4v) is 2.61. The van der Waals surface area contributed by atoms with Gasteiger partial charge in [0.1, 0.15) is 18.2 Å². The summed E-state index contributed by atoms with van der Waals surface area (Å²) in [6.45, 7) is 0.987. The molecule has 3 aromatic carbocycles. The first-order chi connectivity index (χ1) is 12.1. The van der Waals surface area contributed by atoms with E-state index >= 15 is 0 Å². The van der Waals surface area contributed by atoms with E-state index in [0.717, 1.165) is 22.6 Å². The van der Waals surface area contributed by atoms with E-state index in [1.54, 1.807) is 18.2 Å². The molecular weight excluding hydrogens is 360 g/mol. The Morgan fingerprint density at radius 1 is 0.840 bits per heavy atom. The Balaban J connectivity index is 1.54. The van der Waals surface area contributed by atoms with Crippen LogP contribution in [-0.2, 0) is 13.2 Å². The lowest BCUT2D eigenvalue weighted by atomic mass is 10.2. The van der Waals surface area contributed by atoms with Crippen LogP contribution in [0.15, 0.2) is 66.7 Å². The number of hydrogen-bond acceptors (Lipinski definition) is 2. The normalized spacial score (nSPS) is 10.5. The van der Waals surface area contributed by atoms with Gasteiger partial charge in [-0.2, -0.15) is 0 Å². The smallest absolute Gasteiger partial charge is 0.123 e. The van der Waals surface area contributed by atoms with E-state index in [1.165, 1.54) is 12.1 Å². The summed E-state index contributed by atoms with van der Waals surface area (Å²) in [6, 6.07) is 19.6. The minimum Gasteiger partial charge on any atom is -0.489 e. The third kappa shape index (κ3) is 5.12. The molecule has 1 N–H and O–H groups in total. The van der Waals surface area contributed by atoms with E-state index in [1.807, 2.05) is 36.4 Å². The van der Waals surface area contributed by atoms with Gasteiger partial charge in [-0.3, -0.25) is 0 Å². The zero-order valence-electron chi connectivity index (χ0n) is 13.3. The highest BCUT2D eigenvalue weighted by Gasteiger charge is 2.01. The van der Waals surface area contributed by atoms with Gasteiger partial charge in [-0.05, 0) is 53.6 Å². The predicted molar refractivity (Wildman–Crippen MR) is 101 cm³/mol. The first-order valence-corrected chi connectivity index (χ1v) is 8.51. The molecule has 0 spiro atoms. The van der Waals surface area contributed by atoms with Gasteiger partial charge in [0.25, 0.3) is 0 Å². The molecule has 3 rings (SSSR count). The maximum absolute atomic E-state index is 13.1. The van der Waals surface area contributed by atoms with Crippen LogP contribution in [0.2, 0.25) is 10.0 Å². The SMILES string of the molecule is Fc1cccc(COc2ccc(CNc3ccc(Cl)c(Cl)c3)cc2)c1. The van der Waals surface area contributed by atoms with Gasteiger partial charge in [0.15, 0.2) is 0 Å². The summed E-state index contributed by atoms with van der Waals surface area (Å²) in [6.07, 6.45) is 0. The minimum atomic E-state index is -0.259. The second-order valence-corrected chi connectivity index (χ2v) is 6.36. The average molecular weight is 376 g/mol. The summed E-state index contributed by atoms with van der Waals surface area (Å²) >= 11 is 11.9. The van der Waals surface area contributed by atoms with Gasteiger partial charge in [0, 0.05) is 12.2 Å². The van der Waals surface area contributed by atoms with Crippen molar-refractivity contribution in [2.45, 2.75) is 13.2 Å². The van der Waals surface area contributed by atoms with Crippen molar-refractivity contribution in [3.63, 3.8) is 0 Å². The topological polar surface area (TPSA) is 21.3 Å². The molecular formula is C20H16Cl2FNO. The molecule has 0 bridgehead atoms. The molecule has 128 valence electrons. The molecule has 0 heterocycles. The number of nitrogens with one attached hydrogen (secondary N) is 1. The van der Waals surface area contributed by atoms with Crippen LogP contribution in [0, 0.1) is 5.82 Å². The maximum atomic E-state index is 13.1. The van der Waals surface area contributed by atoms with Crippen molar-refractivity contribution in [1.29, 1.82) is 0 Å². The number of ether oxygens (including phenoxy) is 1. The molecule has 0 unspecified atom stereocenters. The highest BCUT2D eigenvalue weighted by molar-refractivity contribution is 6.42. The Hall–Kier alpha value is -2.23. The number of anilines is 1. The summed E-state index contributed by atoms with van der Waals surface area (Å²) in [5.74, 6) is 0.479. The third-order valence-electron chi connectivity index (χ3n) is 3.63. The number of halogens is 3. The van der Waals surface area contributed by atoms with E-state index in [0.29, 0.717) is 23.2 Å². The van der Waals surface area contributed by atoms with Crippen molar-refractivity contribution in [3.05, 3.63) is 93.7 Å². The molecule has 0 aromatic heterocycles. The molecule has 2 nitrogen and oxygen atoms in total. The second kappa shape index (κ2) is 8.24. The highest BCUT2D eigenvalue weighted by Crippen LogP contribution is 2.25. The van der Waals surface area contributed by atoms with Gasteiger partial charge >= 0.3 is 0 Å². The molecule has 0 amide bonds. The van der Waals surface area contributed by atoms with Crippen LogP contribution in [0.3, 0.4) is 0 Å². The van der Waals surface area contributed by atoms with E-state index in [2.05, 4.69) is 5.32 Å². The Labute approximate surface area is 156 Å². The fraction of sp³-hybridized carbons (Fsp3) is 0.100. The fourth-order valence-electron chi connectivity index (χ4n) is 2.31. The number of rotatable bonds is 6. The van der Waals surface area contributed by atoms with Crippen LogP contribution in [0.4, 0.5) is 10.1 Å². The molecule has 0 aliphatic carbocycles. The van der Waals surface area contributed by atoms with Crippen molar-refractivity contribution in [1.82, 2.24) is 0 Å². The molecule has 0 fully saturated rings. The number of benzene rings is 3. The van der Waals surface area contributed by atoms with Gasteiger partial charge in [-0.25, -0.2) is 4.39 Å². The summed E-state index contributed by atoms with van der Waals surface area (Å²) in [5, 5.41) is 4.34. The Morgan fingerprint density at radius 2 is 1.64 bits per heavy atom. The molecule has 0 aliphatic heterocycles. The zero-order valence-corrected chi connectivity index (χ0v) is 14.8. The van der Waals surface area contributed by atoms with Crippen molar-refractivity contribution in [2.75, 3.05) is 5.32 Å². The van der Waals surface area contributed by atoms with Gasteiger partial charge in [0.05, 0.1) is 10.0 Å². The van der Waals surface area contributed by atoms with Crippen LogP contribution in [0.5, 0.6) is 5.75 Å². The Bertz CT molecular complexity index is 853. The molecule has 0 saturated carbocycles. The molecule has 5 heteroatoms. The molecule has 0 saturated heterocycles. The van der Waals surface area contributed by atoms with Crippen LogP contribution >= 0.6 is 23.2 Å². The molecule has 25 heavy (non-hydrogen) atoms. The van der Waals surface area contributed by atoms with Gasteiger partial charge in [0.2, 0.25) is 0 Å². The second-order valence-electron chi connectivity index (χ2n) is 5.54. The Kier molecular flexibility index (Phi) is 5.79. The van der Waals surface area contributed by atoms with Crippen LogP contribution < -0.4 is 10.1 Å². The third-order valence-corrected chi connectivity index (χ3v) is 4.37. The monoisotopic (exact) mass is 375 g/mol. The summed E-state index contributed by atoms with van der Waals surface area (Å²) in [5.41, 5.74) is 2.80. The first-order valence-electron chi connectivity index (χ1n) is 7.75.